The van der Waals surface area contributed by atoms with Crippen LogP contribution in [0.1, 0.15) is 0 Å². The maximum Gasteiger partial charge on any atom is 0.267 e. The summed E-state index contributed by atoms with van der Waals surface area (Å²) in [6.45, 7) is 2.91. The van der Waals surface area contributed by atoms with E-state index >= 15 is 0 Å². The van der Waals surface area contributed by atoms with Gasteiger partial charge in [0.15, 0.2) is 6.10 Å². The molecule has 2 aliphatic heterocycles. The second kappa shape index (κ2) is 8.33. The smallest absolute Gasteiger partial charge is 0.267 e. The lowest BCUT2D eigenvalue weighted by molar-refractivity contribution is -0.122. The molecule has 30 heavy (non-hydrogen) atoms. The third-order valence-electron chi connectivity index (χ3n) is 4.99. The summed E-state index contributed by atoms with van der Waals surface area (Å²) in [6, 6.07) is 12.2. The molecule has 0 aliphatic carbocycles. The molecule has 0 radical (unpaired) electrons. The number of sulfonamides is 1. The summed E-state index contributed by atoms with van der Waals surface area (Å²) >= 11 is 6.00. The van der Waals surface area contributed by atoms with Crippen molar-refractivity contribution >= 4 is 44.6 Å². The largest absolute Gasteiger partial charge is 0.476 e. The van der Waals surface area contributed by atoms with Crippen LogP contribution in [0.2, 0.25) is 5.02 Å². The van der Waals surface area contributed by atoms with Crippen LogP contribution in [0.3, 0.4) is 0 Å². The van der Waals surface area contributed by atoms with Gasteiger partial charge < -0.3 is 19.7 Å². The lowest BCUT2D eigenvalue weighted by atomic mass is 10.2. The number of hydrogen-bond donors (Lipinski definition) is 1. The highest BCUT2D eigenvalue weighted by molar-refractivity contribution is 7.92. The number of hydrogen-bond acceptors (Lipinski definition) is 6. The van der Waals surface area contributed by atoms with E-state index in [-0.39, 0.29) is 6.54 Å². The molecular weight excluding hydrogens is 430 g/mol. The highest BCUT2D eigenvalue weighted by Crippen LogP contribution is 2.37. The number of nitrogens with zero attached hydrogens (tertiary/aromatic N) is 2. The predicted molar refractivity (Wildman–Crippen MR) is 116 cm³/mol. The average Bonchev–Trinajstić information content (AvgIpc) is 2.73. The zero-order valence-electron chi connectivity index (χ0n) is 16.4. The van der Waals surface area contributed by atoms with Gasteiger partial charge in [0.2, 0.25) is 10.0 Å². The molecule has 0 spiro atoms. The van der Waals surface area contributed by atoms with Gasteiger partial charge in [-0.2, -0.15) is 0 Å². The molecule has 0 bridgehead atoms. The van der Waals surface area contributed by atoms with Crippen LogP contribution in [0.15, 0.2) is 42.5 Å². The zero-order chi connectivity index (χ0) is 21.3. The molecule has 4 rings (SSSR count). The van der Waals surface area contributed by atoms with Crippen molar-refractivity contribution < 1.29 is 22.7 Å². The van der Waals surface area contributed by atoms with Gasteiger partial charge in [-0.05, 0) is 42.5 Å². The minimum Gasteiger partial charge on any atom is -0.476 e. The van der Waals surface area contributed by atoms with E-state index in [2.05, 4.69) is 10.2 Å². The fraction of sp³-hybridized carbons (Fsp3) is 0.350. The number of ether oxygens (including phenoxy) is 2. The molecule has 1 atom stereocenters. The van der Waals surface area contributed by atoms with Gasteiger partial charge in [0.25, 0.3) is 5.91 Å². The van der Waals surface area contributed by atoms with Crippen molar-refractivity contribution in [2.45, 2.75) is 6.10 Å². The van der Waals surface area contributed by atoms with Crippen LogP contribution in [0.4, 0.5) is 17.1 Å². The molecule has 2 aromatic rings. The SMILES string of the molecule is CS(=O)(=O)N1C[C@H](C(=O)Nc2ccc(N3CCOCC3)cc2)Oc2ccc(Cl)cc21. The maximum atomic E-state index is 12.8. The molecule has 2 aliphatic rings. The van der Waals surface area contributed by atoms with Crippen molar-refractivity contribution in [1.82, 2.24) is 0 Å². The quantitative estimate of drug-likeness (QED) is 0.767. The van der Waals surface area contributed by atoms with E-state index in [4.69, 9.17) is 21.1 Å². The van der Waals surface area contributed by atoms with Crippen LogP contribution in [0.25, 0.3) is 0 Å². The molecule has 1 N–H and O–H groups in total. The molecule has 0 unspecified atom stereocenters. The van der Waals surface area contributed by atoms with Crippen LogP contribution in [-0.4, -0.2) is 59.5 Å². The van der Waals surface area contributed by atoms with Crippen LogP contribution >= 0.6 is 11.6 Å². The molecule has 2 heterocycles. The van der Waals surface area contributed by atoms with Crippen LogP contribution in [0.5, 0.6) is 5.75 Å². The number of amides is 1. The predicted octanol–water partition coefficient (Wildman–Crippen LogP) is 2.34. The average molecular weight is 452 g/mol. The van der Waals surface area contributed by atoms with Gasteiger partial charge >= 0.3 is 0 Å². The normalized spacial score (nSPS) is 19.1. The molecule has 1 fully saturated rings. The number of benzene rings is 2. The Labute approximate surface area is 180 Å². The van der Waals surface area contributed by atoms with Gasteiger partial charge in [-0.3, -0.25) is 9.10 Å². The Morgan fingerprint density at radius 3 is 2.50 bits per heavy atom. The highest BCUT2D eigenvalue weighted by atomic mass is 35.5. The van der Waals surface area contributed by atoms with E-state index in [0.29, 0.717) is 35.4 Å². The van der Waals surface area contributed by atoms with Gasteiger partial charge in [-0.1, -0.05) is 11.6 Å². The molecule has 0 aromatic heterocycles. The van der Waals surface area contributed by atoms with E-state index in [1.165, 1.54) is 6.07 Å². The van der Waals surface area contributed by atoms with Crippen molar-refractivity contribution in [3.63, 3.8) is 0 Å². The fourth-order valence-corrected chi connectivity index (χ4v) is 4.55. The number of nitrogens with one attached hydrogen (secondary N) is 1. The van der Waals surface area contributed by atoms with Crippen molar-refractivity contribution in [2.75, 3.05) is 53.6 Å². The van der Waals surface area contributed by atoms with E-state index in [1.807, 2.05) is 24.3 Å². The first kappa shape index (κ1) is 20.8. The number of carbonyl (C=O) groups excluding carboxylic acids is 1. The Kier molecular flexibility index (Phi) is 5.77. The first-order valence-corrected chi connectivity index (χ1v) is 11.7. The van der Waals surface area contributed by atoms with Gasteiger partial charge in [0.1, 0.15) is 5.75 Å². The van der Waals surface area contributed by atoms with Gasteiger partial charge in [-0.25, -0.2) is 8.42 Å². The van der Waals surface area contributed by atoms with Crippen molar-refractivity contribution in [2.24, 2.45) is 0 Å². The zero-order valence-corrected chi connectivity index (χ0v) is 17.9. The first-order valence-electron chi connectivity index (χ1n) is 9.49. The third-order valence-corrected chi connectivity index (χ3v) is 6.38. The van der Waals surface area contributed by atoms with Crippen LogP contribution < -0.4 is 19.3 Å². The Morgan fingerprint density at radius 2 is 1.83 bits per heavy atom. The molecular formula is C20H22ClN3O5S. The molecule has 8 nitrogen and oxygen atoms in total. The Hall–Kier alpha value is -2.49. The van der Waals surface area contributed by atoms with Crippen LogP contribution in [-0.2, 0) is 19.6 Å². The molecule has 1 amide bonds. The fourth-order valence-electron chi connectivity index (χ4n) is 3.47. The van der Waals surface area contributed by atoms with Gasteiger partial charge in [0, 0.05) is 29.5 Å². The van der Waals surface area contributed by atoms with Gasteiger partial charge in [-0.15, -0.1) is 0 Å². The van der Waals surface area contributed by atoms with Crippen molar-refractivity contribution in [1.29, 1.82) is 0 Å². The number of morpholine rings is 1. The second-order valence-corrected chi connectivity index (χ2v) is 9.49. The van der Waals surface area contributed by atoms with Crippen molar-refractivity contribution in [3.8, 4) is 5.75 Å². The summed E-state index contributed by atoms with van der Waals surface area (Å²) < 4.78 is 36.8. The lowest BCUT2D eigenvalue weighted by Crippen LogP contribution is -2.48. The van der Waals surface area contributed by atoms with Gasteiger partial charge in [0.05, 0.1) is 31.7 Å². The maximum absolute atomic E-state index is 12.8. The number of halogens is 1. The molecule has 160 valence electrons. The first-order chi connectivity index (χ1) is 14.3. The van der Waals surface area contributed by atoms with E-state index < -0.39 is 22.0 Å². The van der Waals surface area contributed by atoms with E-state index in [0.717, 1.165) is 29.3 Å². The minimum atomic E-state index is -3.61. The highest BCUT2D eigenvalue weighted by Gasteiger charge is 2.35. The Morgan fingerprint density at radius 1 is 1.13 bits per heavy atom. The summed E-state index contributed by atoms with van der Waals surface area (Å²) in [7, 11) is -3.61. The second-order valence-electron chi connectivity index (χ2n) is 7.15. The summed E-state index contributed by atoms with van der Waals surface area (Å²) in [5.74, 6) is -0.137. The summed E-state index contributed by atoms with van der Waals surface area (Å²) in [5.41, 5.74) is 1.98. The molecule has 2 aromatic carbocycles. The third kappa shape index (κ3) is 4.48. The molecule has 1 saturated heterocycles. The summed E-state index contributed by atoms with van der Waals surface area (Å²) in [4.78, 5) is 15.0. The van der Waals surface area contributed by atoms with Crippen LogP contribution in [0, 0.1) is 0 Å². The topological polar surface area (TPSA) is 88.2 Å². The Balaban J connectivity index is 1.49. The minimum absolute atomic E-state index is 0.135. The van der Waals surface area contributed by atoms with E-state index in [9.17, 15) is 13.2 Å². The molecule has 0 saturated carbocycles. The van der Waals surface area contributed by atoms with E-state index in [1.54, 1.807) is 12.1 Å². The standard InChI is InChI=1S/C20H22ClN3O5S/c1-30(26,27)24-13-19(29-18-7-2-14(21)12-17(18)24)20(25)22-15-3-5-16(6-4-15)23-8-10-28-11-9-23/h2-7,12,19H,8-11,13H2,1H3,(H,22,25)/t19-/m1/s1. The monoisotopic (exact) mass is 451 g/mol. The van der Waals surface area contributed by atoms with Crippen molar-refractivity contribution in [3.05, 3.63) is 47.5 Å². The number of carbonyl (C=O) groups is 1. The lowest BCUT2D eigenvalue weighted by Gasteiger charge is -2.34. The number of fused-ring (bicyclic) bond motifs is 1. The summed E-state index contributed by atoms with van der Waals surface area (Å²) in [6.07, 6.45) is 0.0924. The number of rotatable bonds is 4. The summed E-state index contributed by atoms with van der Waals surface area (Å²) in [5, 5.41) is 3.18. The molecule has 10 heteroatoms. The Bertz CT molecular complexity index is 1040. The number of anilines is 3.